The average Bonchev–Trinajstić information content (AvgIpc) is 3.83. The number of nitrogens with one attached hydrogen (secondary N) is 2. The first kappa shape index (κ1) is 31.7. The fourth-order valence-corrected chi connectivity index (χ4v) is 6.63. The first-order valence-electron chi connectivity index (χ1n) is 15.3. The molecule has 0 bridgehead atoms. The lowest BCUT2D eigenvalue weighted by Gasteiger charge is -2.35. The van der Waals surface area contributed by atoms with E-state index in [1.165, 1.54) is 16.1 Å². The third kappa shape index (κ3) is 8.25. The van der Waals surface area contributed by atoms with Crippen LogP contribution in [0.4, 0.5) is 0 Å². The van der Waals surface area contributed by atoms with E-state index in [-0.39, 0.29) is 24.9 Å². The second kappa shape index (κ2) is 14.4. The third-order valence-electron chi connectivity index (χ3n) is 8.54. The van der Waals surface area contributed by atoms with E-state index in [1.54, 1.807) is 24.1 Å². The van der Waals surface area contributed by atoms with Crippen LogP contribution in [0, 0.1) is 0 Å². The Balaban J connectivity index is 1.15. The number of unbranched alkanes of at least 4 members (excludes halogenated alkanes) is 1. The number of ether oxygens (including phenoxy) is 1. The SMILES string of the molecule is COc1ccc([C@@H]2C[C@H]2NCCCC[C@H](NC(=O)c2ccc(-c3ccccc3)cc2)C(=O)N2CCN(S(C)(=O)=O)CC2)cc1. The van der Waals surface area contributed by atoms with Crippen LogP contribution in [0.15, 0.2) is 78.9 Å². The summed E-state index contributed by atoms with van der Waals surface area (Å²) in [6, 6.07) is 25.3. The maximum absolute atomic E-state index is 13.6. The summed E-state index contributed by atoms with van der Waals surface area (Å²) in [5.41, 5.74) is 3.88. The molecule has 9 nitrogen and oxygen atoms in total. The lowest BCUT2D eigenvalue weighted by atomic mass is 10.0. The van der Waals surface area contributed by atoms with Crippen molar-refractivity contribution in [3.05, 3.63) is 90.0 Å². The van der Waals surface area contributed by atoms with Crippen LogP contribution in [0.5, 0.6) is 5.75 Å². The third-order valence-corrected chi connectivity index (χ3v) is 9.84. The van der Waals surface area contributed by atoms with Gasteiger partial charge in [0.25, 0.3) is 5.91 Å². The minimum Gasteiger partial charge on any atom is -0.497 e. The summed E-state index contributed by atoms with van der Waals surface area (Å²) in [6.45, 7) is 1.96. The van der Waals surface area contributed by atoms with Gasteiger partial charge in [-0.15, -0.1) is 0 Å². The van der Waals surface area contributed by atoms with Crippen LogP contribution in [0.2, 0.25) is 0 Å². The van der Waals surface area contributed by atoms with Crippen LogP contribution < -0.4 is 15.4 Å². The van der Waals surface area contributed by atoms with Crippen molar-refractivity contribution in [3.8, 4) is 16.9 Å². The summed E-state index contributed by atoms with van der Waals surface area (Å²) in [5.74, 6) is 0.906. The van der Waals surface area contributed by atoms with Crippen molar-refractivity contribution in [2.45, 2.75) is 43.7 Å². The van der Waals surface area contributed by atoms with E-state index in [4.69, 9.17) is 4.74 Å². The van der Waals surface area contributed by atoms with E-state index in [2.05, 4.69) is 22.8 Å². The Labute approximate surface area is 260 Å². The Morgan fingerprint density at radius 3 is 2.18 bits per heavy atom. The molecule has 1 aliphatic heterocycles. The Morgan fingerprint density at radius 1 is 0.886 bits per heavy atom. The molecule has 1 heterocycles. The molecule has 3 aromatic carbocycles. The van der Waals surface area contributed by atoms with Gasteiger partial charge >= 0.3 is 0 Å². The molecule has 2 amide bonds. The van der Waals surface area contributed by atoms with E-state index in [1.807, 2.05) is 54.6 Å². The molecule has 234 valence electrons. The van der Waals surface area contributed by atoms with E-state index in [0.29, 0.717) is 37.0 Å². The number of piperazine rings is 1. The highest BCUT2D eigenvalue weighted by molar-refractivity contribution is 7.88. The smallest absolute Gasteiger partial charge is 0.251 e. The number of benzene rings is 3. The molecular weight excluding hydrogens is 576 g/mol. The van der Waals surface area contributed by atoms with Gasteiger partial charge in [0.1, 0.15) is 11.8 Å². The van der Waals surface area contributed by atoms with Gasteiger partial charge < -0.3 is 20.3 Å². The summed E-state index contributed by atoms with van der Waals surface area (Å²) in [5, 5.41) is 6.62. The molecule has 3 atom stereocenters. The molecule has 5 rings (SSSR count). The second-order valence-electron chi connectivity index (χ2n) is 11.6. The zero-order chi connectivity index (χ0) is 31.1. The van der Waals surface area contributed by atoms with E-state index < -0.39 is 16.1 Å². The fourth-order valence-electron chi connectivity index (χ4n) is 5.81. The van der Waals surface area contributed by atoms with Crippen LogP contribution in [-0.4, -0.2) is 87.6 Å². The quantitative estimate of drug-likeness (QED) is 0.282. The maximum Gasteiger partial charge on any atom is 0.251 e. The van der Waals surface area contributed by atoms with Crippen LogP contribution in [-0.2, 0) is 14.8 Å². The molecule has 1 saturated carbocycles. The molecule has 2 fully saturated rings. The zero-order valence-corrected chi connectivity index (χ0v) is 26.3. The van der Waals surface area contributed by atoms with Gasteiger partial charge in [-0.05, 0) is 73.2 Å². The molecule has 44 heavy (non-hydrogen) atoms. The van der Waals surface area contributed by atoms with Crippen molar-refractivity contribution in [3.63, 3.8) is 0 Å². The molecule has 10 heteroatoms. The molecule has 0 radical (unpaired) electrons. The lowest BCUT2D eigenvalue weighted by Crippen LogP contribution is -2.55. The molecule has 1 aliphatic carbocycles. The second-order valence-corrected chi connectivity index (χ2v) is 13.6. The first-order chi connectivity index (χ1) is 21.2. The molecule has 2 N–H and O–H groups in total. The molecule has 0 spiro atoms. The summed E-state index contributed by atoms with van der Waals surface area (Å²) in [4.78, 5) is 28.6. The highest BCUT2D eigenvalue weighted by Gasteiger charge is 2.37. The number of rotatable bonds is 13. The van der Waals surface area contributed by atoms with Crippen molar-refractivity contribution in [1.82, 2.24) is 19.8 Å². The van der Waals surface area contributed by atoms with Gasteiger partial charge in [-0.3, -0.25) is 9.59 Å². The molecule has 0 unspecified atom stereocenters. The van der Waals surface area contributed by atoms with Gasteiger partial charge in [0.05, 0.1) is 13.4 Å². The highest BCUT2D eigenvalue weighted by Crippen LogP contribution is 2.41. The van der Waals surface area contributed by atoms with Gasteiger partial charge in [0.15, 0.2) is 0 Å². The van der Waals surface area contributed by atoms with E-state index in [0.717, 1.165) is 42.7 Å². The van der Waals surface area contributed by atoms with Crippen LogP contribution in [0.25, 0.3) is 11.1 Å². The van der Waals surface area contributed by atoms with E-state index >= 15 is 0 Å². The molecule has 1 saturated heterocycles. The molecule has 3 aromatic rings. The molecule has 2 aliphatic rings. The Morgan fingerprint density at radius 2 is 1.55 bits per heavy atom. The van der Waals surface area contributed by atoms with Crippen molar-refractivity contribution >= 4 is 21.8 Å². The Kier molecular flexibility index (Phi) is 10.3. The van der Waals surface area contributed by atoms with Gasteiger partial charge in [0.2, 0.25) is 15.9 Å². The van der Waals surface area contributed by atoms with Gasteiger partial charge in [0, 0.05) is 43.7 Å². The predicted molar refractivity (Wildman–Crippen MR) is 172 cm³/mol. The van der Waals surface area contributed by atoms with Crippen LogP contribution in [0.1, 0.15) is 47.5 Å². The Hall–Kier alpha value is -3.73. The number of methoxy groups -OCH3 is 1. The zero-order valence-electron chi connectivity index (χ0n) is 25.4. The fraction of sp³-hybridized carbons (Fsp3) is 0.412. The summed E-state index contributed by atoms with van der Waals surface area (Å²) >= 11 is 0. The number of sulfonamides is 1. The number of hydrogen-bond acceptors (Lipinski definition) is 6. The molecule has 0 aromatic heterocycles. The largest absolute Gasteiger partial charge is 0.497 e. The summed E-state index contributed by atoms with van der Waals surface area (Å²) in [7, 11) is -1.64. The number of nitrogens with zero attached hydrogens (tertiary/aromatic N) is 2. The topological polar surface area (TPSA) is 108 Å². The predicted octanol–water partition coefficient (Wildman–Crippen LogP) is 3.88. The van der Waals surface area contributed by atoms with Gasteiger partial charge in [-0.2, -0.15) is 4.31 Å². The number of amides is 2. The summed E-state index contributed by atoms with van der Waals surface area (Å²) < 4.78 is 30.5. The Bertz CT molecular complexity index is 1510. The maximum atomic E-state index is 13.6. The normalized spacial score (nSPS) is 19.3. The van der Waals surface area contributed by atoms with Gasteiger partial charge in [-0.1, -0.05) is 54.6 Å². The van der Waals surface area contributed by atoms with Crippen molar-refractivity contribution < 1.29 is 22.7 Å². The standard InChI is InChI=1S/C34H42N4O5S/c1-43-29-17-15-27(16-18-29)30-24-32(30)35-19-7-6-10-31(34(40)37-20-22-38(23-21-37)44(2,41)42)36-33(39)28-13-11-26(12-14-28)25-8-4-3-5-9-25/h3-5,8-9,11-18,30-32,35H,6-7,10,19-24H2,1-2H3,(H,36,39)/t30-,31-,32+/m0/s1. The van der Waals surface area contributed by atoms with Crippen LogP contribution in [0.3, 0.4) is 0 Å². The molecular formula is C34H42N4O5S. The van der Waals surface area contributed by atoms with Crippen molar-refractivity contribution in [2.75, 3.05) is 46.1 Å². The van der Waals surface area contributed by atoms with E-state index in [9.17, 15) is 18.0 Å². The first-order valence-corrected chi connectivity index (χ1v) is 17.2. The lowest BCUT2D eigenvalue weighted by molar-refractivity contribution is -0.134. The average molecular weight is 619 g/mol. The minimum absolute atomic E-state index is 0.165. The van der Waals surface area contributed by atoms with Gasteiger partial charge in [-0.25, -0.2) is 8.42 Å². The summed E-state index contributed by atoms with van der Waals surface area (Å²) in [6.07, 6.45) is 4.43. The van der Waals surface area contributed by atoms with Crippen molar-refractivity contribution in [2.24, 2.45) is 0 Å². The highest BCUT2D eigenvalue weighted by atomic mass is 32.2. The van der Waals surface area contributed by atoms with Crippen molar-refractivity contribution in [1.29, 1.82) is 0 Å². The minimum atomic E-state index is -3.31. The monoisotopic (exact) mass is 618 g/mol. The number of hydrogen-bond donors (Lipinski definition) is 2. The van der Waals surface area contributed by atoms with Crippen LogP contribution >= 0.6 is 0 Å². The number of carbonyl (C=O) groups is 2. The number of carbonyl (C=O) groups excluding carboxylic acids is 2.